The van der Waals surface area contributed by atoms with Crippen molar-refractivity contribution in [1.82, 2.24) is 9.88 Å². The summed E-state index contributed by atoms with van der Waals surface area (Å²) in [5.74, 6) is 0.619. The van der Waals surface area contributed by atoms with E-state index in [4.69, 9.17) is 11.6 Å². The SMILES string of the molecule is CCCNc1cc(C(=O)N(C)C(C)CC)c(Cl)cn1. The molecule has 5 heteroatoms. The molecule has 0 saturated carbocycles. The highest BCUT2D eigenvalue weighted by atomic mass is 35.5. The monoisotopic (exact) mass is 283 g/mol. The first kappa shape index (κ1) is 15.8. The standard InChI is InChI=1S/C14H22ClN3O/c1-5-7-16-13-8-11(12(15)9-17-13)14(19)18(4)10(3)6-2/h8-10H,5-7H2,1-4H3,(H,16,17). The highest BCUT2D eigenvalue weighted by Gasteiger charge is 2.19. The Hall–Kier alpha value is -1.29. The minimum absolute atomic E-state index is 0.0682. The maximum atomic E-state index is 12.4. The summed E-state index contributed by atoms with van der Waals surface area (Å²) in [6, 6.07) is 1.91. The zero-order valence-electron chi connectivity index (χ0n) is 12.0. The summed E-state index contributed by atoms with van der Waals surface area (Å²) >= 11 is 6.08. The van der Waals surface area contributed by atoms with E-state index in [0.29, 0.717) is 16.4 Å². The topological polar surface area (TPSA) is 45.2 Å². The number of carbonyl (C=O) groups excluding carboxylic acids is 1. The van der Waals surface area contributed by atoms with Crippen LogP contribution in [0.1, 0.15) is 44.0 Å². The normalized spacial score (nSPS) is 12.1. The predicted molar refractivity (Wildman–Crippen MR) is 79.9 cm³/mol. The van der Waals surface area contributed by atoms with Gasteiger partial charge >= 0.3 is 0 Å². The summed E-state index contributed by atoms with van der Waals surface area (Å²) in [6.07, 6.45) is 3.43. The summed E-state index contributed by atoms with van der Waals surface area (Å²) in [6.45, 7) is 6.97. The minimum Gasteiger partial charge on any atom is -0.370 e. The van der Waals surface area contributed by atoms with E-state index in [-0.39, 0.29) is 11.9 Å². The first-order chi connectivity index (χ1) is 9.01. The predicted octanol–water partition coefficient (Wildman–Crippen LogP) is 3.43. The van der Waals surface area contributed by atoms with Gasteiger partial charge in [-0.1, -0.05) is 25.4 Å². The van der Waals surface area contributed by atoms with Crippen LogP contribution in [0.5, 0.6) is 0 Å². The van der Waals surface area contributed by atoms with Crippen molar-refractivity contribution in [2.45, 2.75) is 39.7 Å². The molecule has 0 aliphatic heterocycles. The van der Waals surface area contributed by atoms with E-state index in [1.165, 1.54) is 6.20 Å². The number of hydrogen-bond donors (Lipinski definition) is 1. The lowest BCUT2D eigenvalue weighted by molar-refractivity contribution is 0.0740. The Morgan fingerprint density at radius 2 is 2.21 bits per heavy atom. The Bertz CT molecular complexity index is 437. The van der Waals surface area contributed by atoms with Gasteiger partial charge in [0.1, 0.15) is 5.82 Å². The lowest BCUT2D eigenvalue weighted by Gasteiger charge is -2.24. The first-order valence-corrected chi connectivity index (χ1v) is 7.05. The van der Waals surface area contributed by atoms with Crippen LogP contribution in [0.4, 0.5) is 5.82 Å². The van der Waals surface area contributed by atoms with Crippen molar-refractivity contribution < 1.29 is 4.79 Å². The van der Waals surface area contributed by atoms with Gasteiger partial charge < -0.3 is 10.2 Å². The number of rotatable bonds is 6. The fourth-order valence-electron chi connectivity index (χ4n) is 1.62. The van der Waals surface area contributed by atoms with E-state index >= 15 is 0 Å². The summed E-state index contributed by atoms with van der Waals surface area (Å²) in [7, 11) is 1.80. The third-order valence-electron chi connectivity index (χ3n) is 3.21. The second-order valence-electron chi connectivity index (χ2n) is 4.65. The molecule has 1 rings (SSSR count). The molecule has 106 valence electrons. The van der Waals surface area contributed by atoms with Crippen molar-refractivity contribution in [3.05, 3.63) is 22.8 Å². The Kier molecular flexibility index (Phi) is 6.09. The lowest BCUT2D eigenvalue weighted by atomic mass is 10.1. The van der Waals surface area contributed by atoms with Crippen LogP contribution in [0, 0.1) is 0 Å². The number of nitrogens with zero attached hydrogens (tertiary/aromatic N) is 2. The number of hydrogen-bond acceptors (Lipinski definition) is 3. The Morgan fingerprint density at radius 3 is 2.79 bits per heavy atom. The Balaban J connectivity index is 2.95. The van der Waals surface area contributed by atoms with Crippen LogP contribution in [0.15, 0.2) is 12.3 Å². The Labute approximate surface area is 120 Å². The average molecular weight is 284 g/mol. The van der Waals surface area contributed by atoms with Crippen molar-refractivity contribution >= 4 is 23.3 Å². The number of pyridine rings is 1. The van der Waals surface area contributed by atoms with Gasteiger partial charge in [0.15, 0.2) is 0 Å². The second kappa shape index (κ2) is 7.34. The summed E-state index contributed by atoms with van der Waals surface area (Å²) in [4.78, 5) is 18.3. The molecule has 1 heterocycles. The van der Waals surface area contributed by atoms with Gasteiger partial charge in [0.05, 0.1) is 10.6 Å². The third-order valence-corrected chi connectivity index (χ3v) is 3.52. The van der Waals surface area contributed by atoms with Crippen molar-refractivity contribution in [3.8, 4) is 0 Å². The van der Waals surface area contributed by atoms with Gasteiger partial charge in [-0.3, -0.25) is 4.79 Å². The van der Waals surface area contributed by atoms with Gasteiger partial charge in [0.2, 0.25) is 0 Å². The molecular weight excluding hydrogens is 262 g/mol. The minimum atomic E-state index is -0.0682. The molecule has 4 nitrogen and oxygen atoms in total. The number of halogens is 1. The van der Waals surface area contributed by atoms with Crippen LogP contribution in [0.2, 0.25) is 5.02 Å². The van der Waals surface area contributed by atoms with Crippen LogP contribution < -0.4 is 5.32 Å². The zero-order valence-corrected chi connectivity index (χ0v) is 12.8. The molecule has 0 radical (unpaired) electrons. The molecule has 19 heavy (non-hydrogen) atoms. The van der Waals surface area contributed by atoms with Crippen molar-refractivity contribution in [1.29, 1.82) is 0 Å². The second-order valence-corrected chi connectivity index (χ2v) is 5.06. The molecule has 1 atom stereocenters. The molecule has 1 aromatic heterocycles. The molecule has 1 aromatic rings. The van der Waals surface area contributed by atoms with E-state index < -0.39 is 0 Å². The van der Waals surface area contributed by atoms with Crippen LogP contribution >= 0.6 is 11.6 Å². The molecule has 1 N–H and O–H groups in total. The fourth-order valence-corrected chi connectivity index (χ4v) is 1.80. The van der Waals surface area contributed by atoms with E-state index in [1.807, 2.05) is 6.92 Å². The van der Waals surface area contributed by atoms with Gasteiger partial charge in [0.25, 0.3) is 5.91 Å². The van der Waals surface area contributed by atoms with Gasteiger partial charge in [-0.15, -0.1) is 0 Å². The number of nitrogens with one attached hydrogen (secondary N) is 1. The summed E-state index contributed by atoms with van der Waals surface area (Å²) in [5.41, 5.74) is 0.498. The molecule has 0 aliphatic carbocycles. The van der Waals surface area contributed by atoms with E-state index in [9.17, 15) is 4.79 Å². The lowest BCUT2D eigenvalue weighted by Crippen LogP contribution is -2.34. The van der Waals surface area contributed by atoms with E-state index in [1.54, 1.807) is 18.0 Å². The largest absolute Gasteiger partial charge is 0.370 e. The number of amides is 1. The molecule has 1 unspecified atom stereocenters. The quantitative estimate of drug-likeness (QED) is 0.870. The molecule has 1 amide bonds. The van der Waals surface area contributed by atoms with Crippen LogP contribution in [-0.4, -0.2) is 35.4 Å². The molecule has 0 saturated heterocycles. The molecule has 0 fully saturated rings. The third kappa shape index (κ3) is 4.10. The van der Waals surface area contributed by atoms with Crippen LogP contribution in [-0.2, 0) is 0 Å². The van der Waals surface area contributed by atoms with Gasteiger partial charge in [-0.05, 0) is 25.8 Å². The molecule has 0 aromatic carbocycles. The average Bonchev–Trinajstić information content (AvgIpc) is 2.43. The number of carbonyl (C=O) groups is 1. The maximum Gasteiger partial charge on any atom is 0.255 e. The van der Waals surface area contributed by atoms with Crippen molar-refractivity contribution in [3.63, 3.8) is 0 Å². The summed E-state index contributed by atoms with van der Waals surface area (Å²) < 4.78 is 0. The van der Waals surface area contributed by atoms with Gasteiger partial charge in [-0.25, -0.2) is 4.98 Å². The van der Waals surface area contributed by atoms with Gasteiger partial charge in [-0.2, -0.15) is 0 Å². The van der Waals surface area contributed by atoms with Crippen molar-refractivity contribution in [2.75, 3.05) is 18.9 Å². The summed E-state index contributed by atoms with van der Waals surface area (Å²) in [5, 5.41) is 3.55. The first-order valence-electron chi connectivity index (χ1n) is 6.67. The van der Waals surface area contributed by atoms with Crippen molar-refractivity contribution in [2.24, 2.45) is 0 Å². The zero-order chi connectivity index (χ0) is 14.4. The molecular formula is C14H22ClN3O. The number of anilines is 1. The smallest absolute Gasteiger partial charge is 0.255 e. The van der Waals surface area contributed by atoms with Crippen LogP contribution in [0.25, 0.3) is 0 Å². The van der Waals surface area contributed by atoms with Gasteiger partial charge in [0, 0.05) is 25.8 Å². The van der Waals surface area contributed by atoms with Crippen LogP contribution in [0.3, 0.4) is 0 Å². The molecule has 0 aliphatic rings. The maximum absolute atomic E-state index is 12.4. The molecule has 0 bridgehead atoms. The number of aromatic nitrogens is 1. The fraction of sp³-hybridized carbons (Fsp3) is 0.571. The van der Waals surface area contributed by atoms with E-state index in [0.717, 1.165) is 19.4 Å². The molecule has 0 spiro atoms. The highest BCUT2D eigenvalue weighted by Crippen LogP contribution is 2.20. The highest BCUT2D eigenvalue weighted by molar-refractivity contribution is 6.33. The Morgan fingerprint density at radius 1 is 1.53 bits per heavy atom. The van der Waals surface area contributed by atoms with E-state index in [2.05, 4.69) is 24.1 Å².